The lowest BCUT2D eigenvalue weighted by molar-refractivity contribution is 1.29. The van der Waals surface area contributed by atoms with Crippen LogP contribution in [0.2, 0.25) is 5.02 Å². The number of aryl methyl sites for hydroxylation is 2. The van der Waals surface area contributed by atoms with E-state index in [2.05, 4.69) is 31.0 Å². The maximum atomic E-state index is 5.98. The van der Waals surface area contributed by atoms with E-state index in [1.165, 1.54) is 11.1 Å². The Balaban J connectivity index is 2.67. The molecule has 1 aromatic heterocycles. The van der Waals surface area contributed by atoms with Gasteiger partial charge in [-0.2, -0.15) is 0 Å². The largest absolute Gasteiger partial charge is 0.384 e. The van der Waals surface area contributed by atoms with Gasteiger partial charge < -0.3 is 5.73 Å². The SMILES string of the molecule is Cc1cccc(C)c1-c1cc(Cl)cc(N)n1. The lowest BCUT2D eigenvalue weighted by Crippen LogP contribution is -1.95. The molecule has 0 radical (unpaired) electrons. The van der Waals surface area contributed by atoms with Crippen LogP contribution in [-0.4, -0.2) is 4.98 Å². The molecule has 0 unspecified atom stereocenters. The van der Waals surface area contributed by atoms with Gasteiger partial charge in [0.05, 0.1) is 5.69 Å². The number of benzene rings is 1. The number of pyridine rings is 1. The molecule has 1 aromatic carbocycles. The van der Waals surface area contributed by atoms with Crippen LogP contribution in [0.3, 0.4) is 0 Å². The second kappa shape index (κ2) is 4.14. The molecule has 3 heteroatoms. The zero-order valence-corrected chi connectivity index (χ0v) is 10.0. The smallest absolute Gasteiger partial charge is 0.125 e. The highest BCUT2D eigenvalue weighted by Crippen LogP contribution is 2.28. The Morgan fingerprint density at radius 3 is 2.31 bits per heavy atom. The first-order valence-corrected chi connectivity index (χ1v) is 5.45. The third-order valence-corrected chi connectivity index (χ3v) is 2.77. The Kier molecular flexibility index (Phi) is 2.84. The molecule has 2 nitrogen and oxygen atoms in total. The Labute approximate surface area is 100 Å². The highest BCUT2D eigenvalue weighted by molar-refractivity contribution is 6.31. The monoisotopic (exact) mass is 232 g/mol. The average molecular weight is 233 g/mol. The molecular formula is C13H13ClN2. The van der Waals surface area contributed by atoms with Gasteiger partial charge >= 0.3 is 0 Å². The zero-order valence-electron chi connectivity index (χ0n) is 9.29. The van der Waals surface area contributed by atoms with Crippen molar-refractivity contribution in [2.45, 2.75) is 13.8 Å². The summed E-state index contributed by atoms with van der Waals surface area (Å²) in [6.45, 7) is 4.11. The summed E-state index contributed by atoms with van der Waals surface area (Å²) in [4.78, 5) is 4.32. The highest BCUT2D eigenvalue weighted by atomic mass is 35.5. The van der Waals surface area contributed by atoms with E-state index in [0.29, 0.717) is 10.8 Å². The molecule has 0 atom stereocenters. The zero-order chi connectivity index (χ0) is 11.7. The molecule has 0 bridgehead atoms. The van der Waals surface area contributed by atoms with Crippen molar-refractivity contribution >= 4 is 17.4 Å². The van der Waals surface area contributed by atoms with E-state index in [-0.39, 0.29) is 0 Å². The van der Waals surface area contributed by atoms with Gasteiger partial charge in [0.2, 0.25) is 0 Å². The van der Waals surface area contributed by atoms with Crippen LogP contribution >= 0.6 is 11.6 Å². The van der Waals surface area contributed by atoms with E-state index >= 15 is 0 Å². The van der Waals surface area contributed by atoms with Crippen LogP contribution in [0.4, 0.5) is 5.82 Å². The van der Waals surface area contributed by atoms with Crippen molar-refractivity contribution in [1.29, 1.82) is 0 Å². The molecule has 2 aromatic rings. The molecule has 0 aliphatic carbocycles. The molecule has 0 spiro atoms. The first-order valence-electron chi connectivity index (χ1n) is 5.07. The average Bonchev–Trinajstić information content (AvgIpc) is 2.15. The number of aromatic nitrogens is 1. The Hall–Kier alpha value is -1.54. The fourth-order valence-electron chi connectivity index (χ4n) is 1.86. The molecular weight excluding hydrogens is 220 g/mol. The first kappa shape index (κ1) is 11.0. The van der Waals surface area contributed by atoms with Crippen molar-refractivity contribution in [3.05, 3.63) is 46.5 Å². The molecule has 0 amide bonds. The third-order valence-electron chi connectivity index (χ3n) is 2.55. The number of nitrogen functional groups attached to an aromatic ring is 1. The van der Waals surface area contributed by atoms with Gasteiger partial charge in [-0.3, -0.25) is 0 Å². The van der Waals surface area contributed by atoms with Crippen molar-refractivity contribution in [3.63, 3.8) is 0 Å². The molecule has 0 fully saturated rings. The second-order valence-electron chi connectivity index (χ2n) is 3.86. The van der Waals surface area contributed by atoms with E-state index in [0.717, 1.165) is 11.3 Å². The van der Waals surface area contributed by atoms with E-state index in [1.54, 1.807) is 6.07 Å². The van der Waals surface area contributed by atoms with Crippen LogP contribution in [-0.2, 0) is 0 Å². The summed E-state index contributed by atoms with van der Waals surface area (Å²) >= 11 is 5.98. The number of anilines is 1. The minimum Gasteiger partial charge on any atom is -0.384 e. The summed E-state index contributed by atoms with van der Waals surface area (Å²) < 4.78 is 0. The van der Waals surface area contributed by atoms with Crippen LogP contribution in [0.1, 0.15) is 11.1 Å². The van der Waals surface area contributed by atoms with Crippen molar-refractivity contribution in [2.24, 2.45) is 0 Å². The maximum Gasteiger partial charge on any atom is 0.125 e. The van der Waals surface area contributed by atoms with Crippen molar-refractivity contribution in [2.75, 3.05) is 5.73 Å². The maximum absolute atomic E-state index is 5.98. The molecule has 1 heterocycles. The molecule has 0 aliphatic rings. The fourth-order valence-corrected chi connectivity index (χ4v) is 2.08. The van der Waals surface area contributed by atoms with Crippen molar-refractivity contribution < 1.29 is 0 Å². The summed E-state index contributed by atoms with van der Waals surface area (Å²) in [6, 6.07) is 9.64. The molecule has 82 valence electrons. The quantitative estimate of drug-likeness (QED) is 0.816. The second-order valence-corrected chi connectivity index (χ2v) is 4.30. The number of nitrogens with zero attached hydrogens (tertiary/aromatic N) is 1. The molecule has 0 saturated carbocycles. The first-order chi connectivity index (χ1) is 7.58. The van der Waals surface area contributed by atoms with Gasteiger partial charge in [0.1, 0.15) is 5.82 Å². The lowest BCUT2D eigenvalue weighted by atomic mass is 10.00. The number of hydrogen-bond donors (Lipinski definition) is 1. The van der Waals surface area contributed by atoms with Crippen LogP contribution in [0.25, 0.3) is 11.3 Å². The third kappa shape index (κ3) is 2.02. The summed E-state index contributed by atoms with van der Waals surface area (Å²) in [5.74, 6) is 0.449. The standard InChI is InChI=1S/C13H13ClN2/c1-8-4-3-5-9(2)13(8)11-6-10(14)7-12(15)16-11/h3-7H,1-2H3,(H2,15,16). The number of nitrogens with two attached hydrogens (primary N) is 1. The van der Waals surface area contributed by atoms with Gasteiger partial charge in [-0.25, -0.2) is 4.98 Å². The van der Waals surface area contributed by atoms with Crippen LogP contribution in [0, 0.1) is 13.8 Å². The number of hydrogen-bond acceptors (Lipinski definition) is 2. The lowest BCUT2D eigenvalue weighted by Gasteiger charge is -2.09. The topological polar surface area (TPSA) is 38.9 Å². The summed E-state index contributed by atoms with van der Waals surface area (Å²) in [7, 11) is 0. The van der Waals surface area contributed by atoms with Gasteiger partial charge in [0.15, 0.2) is 0 Å². The number of rotatable bonds is 1. The Morgan fingerprint density at radius 2 is 1.75 bits per heavy atom. The predicted octanol–water partition coefficient (Wildman–Crippen LogP) is 3.60. The van der Waals surface area contributed by atoms with E-state index in [1.807, 2.05) is 12.1 Å². The van der Waals surface area contributed by atoms with Gasteiger partial charge in [-0.15, -0.1) is 0 Å². The minimum absolute atomic E-state index is 0.449. The van der Waals surface area contributed by atoms with E-state index < -0.39 is 0 Å². The van der Waals surface area contributed by atoms with Crippen molar-refractivity contribution in [3.8, 4) is 11.3 Å². The van der Waals surface area contributed by atoms with Crippen LogP contribution < -0.4 is 5.73 Å². The van der Waals surface area contributed by atoms with E-state index in [4.69, 9.17) is 17.3 Å². The summed E-state index contributed by atoms with van der Waals surface area (Å²) in [6.07, 6.45) is 0. The van der Waals surface area contributed by atoms with Gasteiger partial charge in [-0.1, -0.05) is 29.8 Å². The molecule has 2 N–H and O–H groups in total. The van der Waals surface area contributed by atoms with Crippen LogP contribution in [0.5, 0.6) is 0 Å². The van der Waals surface area contributed by atoms with Crippen molar-refractivity contribution in [1.82, 2.24) is 4.98 Å². The normalized spacial score (nSPS) is 10.4. The fraction of sp³-hybridized carbons (Fsp3) is 0.154. The summed E-state index contributed by atoms with van der Waals surface area (Å²) in [5, 5.41) is 0.616. The molecule has 16 heavy (non-hydrogen) atoms. The van der Waals surface area contributed by atoms with Gasteiger partial charge in [0.25, 0.3) is 0 Å². The Bertz CT molecular complexity index is 495. The van der Waals surface area contributed by atoms with E-state index in [9.17, 15) is 0 Å². The Morgan fingerprint density at radius 1 is 1.12 bits per heavy atom. The number of halogens is 1. The summed E-state index contributed by atoms with van der Waals surface area (Å²) in [5.41, 5.74) is 9.99. The highest BCUT2D eigenvalue weighted by Gasteiger charge is 2.08. The molecule has 0 aliphatic heterocycles. The van der Waals surface area contributed by atoms with Crippen LogP contribution in [0.15, 0.2) is 30.3 Å². The van der Waals surface area contributed by atoms with Gasteiger partial charge in [0, 0.05) is 10.6 Å². The minimum atomic E-state index is 0.449. The molecule has 2 rings (SSSR count). The van der Waals surface area contributed by atoms with Gasteiger partial charge in [-0.05, 0) is 37.1 Å². The predicted molar refractivity (Wildman–Crippen MR) is 68.6 cm³/mol. The molecule has 0 saturated heterocycles.